The molecule has 98 valence electrons. The second kappa shape index (κ2) is 5.24. The van der Waals surface area contributed by atoms with Gasteiger partial charge in [0.25, 0.3) is 0 Å². The van der Waals surface area contributed by atoms with Crippen LogP contribution in [0.3, 0.4) is 0 Å². The zero-order valence-corrected chi connectivity index (χ0v) is 10.6. The van der Waals surface area contributed by atoms with Crippen molar-refractivity contribution in [3.05, 3.63) is 30.1 Å². The molecule has 0 radical (unpaired) electrons. The molecule has 18 heavy (non-hydrogen) atoms. The Morgan fingerprint density at radius 2 is 1.78 bits per heavy atom. The van der Waals surface area contributed by atoms with Crippen molar-refractivity contribution in [2.24, 2.45) is 0 Å². The summed E-state index contributed by atoms with van der Waals surface area (Å²) >= 11 is 0. The van der Waals surface area contributed by atoms with Gasteiger partial charge in [-0.1, -0.05) is 0 Å². The number of benzene rings is 1. The zero-order valence-electron chi connectivity index (χ0n) is 10.6. The van der Waals surface area contributed by atoms with Crippen molar-refractivity contribution in [2.45, 2.75) is 12.5 Å². The standard InChI is InChI=1S/C14H20FN3/c15-12-1-3-13(4-2-12)17-7-9-18(10-8-17)14-5-6-16-11-14/h1-4,14,16H,5-11H2. The van der Waals surface area contributed by atoms with Crippen LogP contribution in [-0.2, 0) is 0 Å². The van der Waals surface area contributed by atoms with Crippen LogP contribution in [-0.4, -0.2) is 50.2 Å². The lowest BCUT2D eigenvalue weighted by molar-refractivity contribution is 0.196. The van der Waals surface area contributed by atoms with Gasteiger partial charge in [-0.15, -0.1) is 0 Å². The number of anilines is 1. The number of rotatable bonds is 2. The molecule has 0 spiro atoms. The summed E-state index contributed by atoms with van der Waals surface area (Å²) < 4.78 is 12.9. The molecule has 0 bridgehead atoms. The normalized spacial score (nSPS) is 25.6. The molecule has 3 nitrogen and oxygen atoms in total. The van der Waals surface area contributed by atoms with Crippen LogP contribution in [0.4, 0.5) is 10.1 Å². The summed E-state index contributed by atoms with van der Waals surface area (Å²) in [6.45, 7) is 6.61. The smallest absolute Gasteiger partial charge is 0.123 e. The van der Waals surface area contributed by atoms with Gasteiger partial charge in [0.15, 0.2) is 0 Å². The molecule has 2 saturated heterocycles. The summed E-state index contributed by atoms with van der Waals surface area (Å²) in [6.07, 6.45) is 1.27. The number of piperazine rings is 1. The summed E-state index contributed by atoms with van der Waals surface area (Å²) in [5.74, 6) is -0.158. The first-order valence-corrected chi connectivity index (χ1v) is 6.78. The zero-order chi connectivity index (χ0) is 12.4. The molecule has 1 N–H and O–H groups in total. The number of nitrogens with zero attached hydrogens (tertiary/aromatic N) is 2. The predicted molar refractivity (Wildman–Crippen MR) is 71.5 cm³/mol. The van der Waals surface area contributed by atoms with Gasteiger partial charge < -0.3 is 10.2 Å². The monoisotopic (exact) mass is 249 g/mol. The first-order valence-electron chi connectivity index (χ1n) is 6.78. The lowest BCUT2D eigenvalue weighted by Gasteiger charge is -2.38. The van der Waals surface area contributed by atoms with Gasteiger partial charge in [-0.05, 0) is 37.2 Å². The molecule has 2 aliphatic heterocycles. The van der Waals surface area contributed by atoms with Gasteiger partial charge in [-0.3, -0.25) is 4.90 Å². The average Bonchev–Trinajstić information content (AvgIpc) is 2.94. The van der Waals surface area contributed by atoms with Crippen molar-refractivity contribution in [3.63, 3.8) is 0 Å². The van der Waals surface area contributed by atoms with E-state index >= 15 is 0 Å². The predicted octanol–water partition coefficient (Wildman–Crippen LogP) is 1.31. The SMILES string of the molecule is Fc1ccc(N2CCN(C3CCNC3)CC2)cc1. The van der Waals surface area contributed by atoms with Gasteiger partial charge >= 0.3 is 0 Å². The van der Waals surface area contributed by atoms with E-state index in [1.165, 1.54) is 6.42 Å². The van der Waals surface area contributed by atoms with E-state index in [1.807, 2.05) is 12.1 Å². The fourth-order valence-electron chi connectivity index (χ4n) is 2.95. The van der Waals surface area contributed by atoms with Crippen LogP contribution in [0.5, 0.6) is 0 Å². The first kappa shape index (κ1) is 11.9. The van der Waals surface area contributed by atoms with Crippen LogP contribution in [0.2, 0.25) is 0 Å². The first-order chi connectivity index (χ1) is 8.83. The Morgan fingerprint density at radius 3 is 2.39 bits per heavy atom. The van der Waals surface area contributed by atoms with E-state index < -0.39 is 0 Å². The topological polar surface area (TPSA) is 18.5 Å². The van der Waals surface area contributed by atoms with Crippen molar-refractivity contribution in [2.75, 3.05) is 44.2 Å². The minimum atomic E-state index is -0.158. The maximum Gasteiger partial charge on any atom is 0.123 e. The molecular weight excluding hydrogens is 229 g/mol. The molecule has 2 fully saturated rings. The Morgan fingerprint density at radius 1 is 1.06 bits per heavy atom. The number of hydrogen-bond acceptors (Lipinski definition) is 3. The third kappa shape index (κ3) is 2.49. The van der Waals surface area contributed by atoms with E-state index in [0.717, 1.165) is 51.0 Å². The lowest BCUT2D eigenvalue weighted by atomic mass is 10.1. The summed E-state index contributed by atoms with van der Waals surface area (Å²) in [5, 5.41) is 3.42. The van der Waals surface area contributed by atoms with Crippen LogP contribution in [0.1, 0.15) is 6.42 Å². The van der Waals surface area contributed by atoms with Crippen molar-refractivity contribution in [1.29, 1.82) is 0 Å². The largest absolute Gasteiger partial charge is 0.369 e. The number of hydrogen-bond donors (Lipinski definition) is 1. The fraction of sp³-hybridized carbons (Fsp3) is 0.571. The van der Waals surface area contributed by atoms with E-state index in [9.17, 15) is 4.39 Å². The van der Waals surface area contributed by atoms with E-state index in [0.29, 0.717) is 0 Å². The molecule has 1 atom stereocenters. The highest BCUT2D eigenvalue weighted by molar-refractivity contribution is 5.46. The van der Waals surface area contributed by atoms with Crippen molar-refractivity contribution < 1.29 is 4.39 Å². The van der Waals surface area contributed by atoms with Crippen molar-refractivity contribution >= 4 is 5.69 Å². The molecule has 4 heteroatoms. The molecule has 0 saturated carbocycles. The second-order valence-electron chi connectivity index (χ2n) is 5.15. The highest BCUT2D eigenvalue weighted by atomic mass is 19.1. The Hall–Kier alpha value is -1.13. The average molecular weight is 249 g/mol. The lowest BCUT2D eigenvalue weighted by Crippen LogP contribution is -2.51. The van der Waals surface area contributed by atoms with Crippen LogP contribution in [0.15, 0.2) is 24.3 Å². The van der Waals surface area contributed by atoms with Crippen molar-refractivity contribution in [3.8, 4) is 0 Å². The van der Waals surface area contributed by atoms with E-state index in [2.05, 4.69) is 15.1 Å². The highest BCUT2D eigenvalue weighted by Crippen LogP contribution is 2.19. The van der Waals surface area contributed by atoms with Gasteiger partial charge in [0, 0.05) is 44.5 Å². The quantitative estimate of drug-likeness (QED) is 0.852. The fourth-order valence-corrected chi connectivity index (χ4v) is 2.95. The molecule has 0 aliphatic carbocycles. The maximum atomic E-state index is 12.9. The Balaban J connectivity index is 1.57. The molecule has 1 aromatic rings. The Bertz CT molecular complexity index is 379. The Kier molecular flexibility index (Phi) is 3.48. The van der Waals surface area contributed by atoms with Crippen molar-refractivity contribution in [1.82, 2.24) is 10.2 Å². The molecule has 2 aliphatic rings. The maximum absolute atomic E-state index is 12.9. The molecular formula is C14H20FN3. The third-order valence-electron chi connectivity index (χ3n) is 4.06. The summed E-state index contributed by atoms with van der Waals surface area (Å²) in [5.41, 5.74) is 1.14. The molecule has 0 amide bonds. The van der Waals surface area contributed by atoms with E-state index in [1.54, 1.807) is 12.1 Å². The molecule has 3 rings (SSSR count). The summed E-state index contributed by atoms with van der Waals surface area (Å²) in [6, 6.07) is 7.57. The van der Waals surface area contributed by atoms with Crippen LogP contribution >= 0.6 is 0 Å². The van der Waals surface area contributed by atoms with Gasteiger partial charge in [-0.2, -0.15) is 0 Å². The number of halogens is 1. The van der Waals surface area contributed by atoms with E-state index in [4.69, 9.17) is 0 Å². The minimum absolute atomic E-state index is 0.158. The van der Waals surface area contributed by atoms with E-state index in [-0.39, 0.29) is 5.82 Å². The van der Waals surface area contributed by atoms with Crippen LogP contribution < -0.4 is 10.2 Å². The third-order valence-corrected chi connectivity index (χ3v) is 4.06. The summed E-state index contributed by atoms with van der Waals surface area (Å²) in [7, 11) is 0. The van der Waals surface area contributed by atoms with Gasteiger partial charge in [0.2, 0.25) is 0 Å². The minimum Gasteiger partial charge on any atom is -0.369 e. The van der Waals surface area contributed by atoms with Gasteiger partial charge in [-0.25, -0.2) is 4.39 Å². The van der Waals surface area contributed by atoms with Gasteiger partial charge in [0.05, 0.1) is 0 Å². The summed E-state index contributed by atoms with van der Waals surface area (Å²) in [4.78, 5) is 4.93. The van der Waals surface area contributed by atoms with Crippen LogP contribution in [0.25, 0.3) is 0 Å². The molecule has 2 heterocycles. The van der Waals surface area contributed by atoms with Crippen LogP contribution in [0, 0.1) is 5.82 Å². The second-order valence-corrected chi connectivity index (χ2v) is 5.15. The van der Waals surface area contributed by atoms with Gasteiger partial charge in [0.1, 0.15) is 5.82 Å². The Labute approximate surface area is 108 Å². The molecule has 1 unspecified atom stereocenters. The highest BCUT2D eigenvalue weighted by Gasteiger charge is 2.25. The number of nitrogens with one attached hydrogen (secondary N) is 1. The molecule has 1 aromatic carbocycles. The molecule has 0 aromatic heterocycles.